The van der Waals surface area contributed by atoms with Crippen LogP contribution in [0.15, 0.2) is 24.4 Å². The molecule has 2 rings (SSSR count). The van der Waals surface area contributed by atoms with Gasteiger partial charge in [-0.05, 0) is 25.5 Å². The van der Waals surface area contributed by atoms with Gasteiger partial charge in [0.2, 0.25) is 0 Å². The summed E-state index contributed by atoms with van der Waals surface area (Å²) in [7, 11) is 1.64. The lowest BCUT2D eigenvalue weighted by Crippen LogP contribution is -2.29. The molecule has 0 aliphatic rings. The summed E-state index contributed by atoms with van der Waals surface area (Å²) < 4.78 is 13.8. The maximum absolute atomic E-state index is 13.8. The first kappa shape index (κ1) is 13.5. The molecule has 0 radical (unpaired) electrons. The van der Waals surface area contributed by atoms with Gasteiger partial charge in [-0.2, -0.15) is 0 Å². The summed E-state index contributed by atoms with van der Waals surface area (Å²) in [6.07, 6.45) is 1.55. The number of aromatic nitrogens is 1. The van der Waals surface area contributed by atoms with Gasteiger partial charge < -0.3 is 15.0 Å². The minimum Gasteiger partial charge on any atom is -0.393 e. The molecular formula is C14H17FN2O2. The van der Waals surface area contributed by atoms with Gasteiger partial charge in [0.15, 0.2) is 0 Å². The Morgan fingerprint density at radius 1 is 1.53 bits per heavy atom. The van der Waals surface area contributed by atoms with E-state index < -0.39 is 11.9 Å². The molecule has 0 saturated carbocycles. The molecular weight excluding hydrogens is 247 g/mol. The summed E-state index contributed by atoms with van der Waals surface area (Å²) in [6.45, 7) is 2.10. The van der Waals surface area contributed by atoms with Crippen LogP contribution in [0.25, 0.3) is 10.9 Å². The van der Waals surface area contributed by atoms with Crippen molar-refractivity contribution >= 4 is 16.8 Å². The van der Waals surface area contributed by atoms with Crippen LogP contribution in [0.3, 0.4) is 0 Å². The fourth-order valence-corrected chi connectivity index (χ4v) is 2.00. The molecule has 0 fully saturated rings. The third kappa shape index (κ3) is 2.76. The molecule has 0 spiro atoms. The summed E-state index contributed by atoms with van der Waals surface area (Å²) in [5.74, 6) is -0.664. The number of hydrogen-bond donors (Lipinski definition) is 2. The zero-order valence-electron chi connectivity index (χ0n) is 11.0. The molecule has 1 amide bonds. The number of hydrogen-bond acceptors (Lipinski definition) is 2. The van der Waals surface area contributed by atoms with Gasteiger partial charge in [0.05, 0.1) is 11.7 Å². The molecule has 1 unspecified atom stereocenters. The molecule has 2 aromatic rings. The average molecular weight is 264 g/mol. The summed E-state index contributed by atoms with van der Waals surface area (Å²) in [5, 5.41) is 9.54. The number of aliphatic hydroxyl groups excluding tert-OH is 1. The Morgan fingerprint density at radius 3 is 2.95 bits per heavy atom. The number of H-pyrrole nitrogens is 1. The topological polar surface area (TPSA) is 56.3 Å². The number of aliphatic hydroxyl groups is 1. The molecule has 0 bridgehead atoms. The van der Waals surface area contributed by atoms with Crippen molar-refractivity contribution in [3.05, 3.63) is 35.8 Å². The first-order valence-electron chi connectivity index (χ1n) is 6.20. The van der Waals surface area contributed by atoms with Gasteiger partial charge in [-0.15, -0.1) is 0 Å². The standard InChI is InChI=1S/C14H17FN2O2/c1-9(18)6-7-17(2)14(19)10-8-16-12-5-3-4-11(15)13(10)12/h3-5,8-9,16,18H,6-7H2,1-2H3. The Labute approximate surface area is 110 Å². The number of fused-ring (bicyclic) bond motifs is 1. The molecule has 4 nitrogen and oxygen atoms in total. The van der Waals surface area contributed by atoms with Crippen molar-refractivity contribution in [2.45, 2.75) is 19.4 Å². The van der Waals surface area contributed by atoms with Crippen LogP contribution >= 0.6 is 0 Å². The quantitative estimate of drug-likeness (QED) is 0.889. The van der Waals surface area contributed by atoms with Crippen LogP contribution in [0, 0.1) is 5.82 Å². The zero-order valence-corrected chi connectivity index (χ0v) is 11.0. The van der Waals surface area contributed by atoms with Crippen LogP contribution in [-0.2, 0) is 0 Å². The van der Waals surface area contributed by atoms with Gasteiger partial charge in [-0.25, -0.2) is 4.39 Å². The molecule has 1 aromatic heterocycles. The van der Waals surface area contributed by atoms with Crippen LogP contribution in [0.4, 0.5) is 4.39 Å². The number of rotatable bonds is 4. The van der Waals surface area contributed by atoms with Gasteiger partial charge in [-0.1, -0.05) is 6.07 Å². The molecule has 1 aromatic carbocycles. The minimum absolute atomic E-state index is 0.253. The number of carbonyl (C=O) groups is 1. The summed E-state index contributed by atoms with van der Waals surface area (Å²) in [4.78, 5) is 16.6. The Balaban J connectivity index is 2.26. The summed E-state index contributed by atoms with van der Waals surface area (Å²) >= 11 is 0. The summed E-state index contributed by atoms with van der Waals surface area (Å²) in [6, 6.07) is 4.66. The van der Waals surface area contributed by atoms with Crippen LogP contribution < -0.4 is 0 Å². The van der Waals surface area contributed by atoms with Crippen LogP contribution in [0.2, 0.25) is 0 Å². The van der Waals surface area contributed by atoms with Gasteiger partial charge in [0.1, 0.15) is 5.82 Å². The molecule has 0 aliphatic carbocycles. The van der Waals surface area contributed by atoms with Crippen molar-refractivity contribution in [3.63, 3.8) is 0 Å². The Hall–Kier alpha value is -1.88. The lowest BCUT2D eigenvalue weighted by Gasteiger charge is -2.17. The number of amides is 1. The maximum atomic E-state index is 13.8. The second-order valence-electron chi connectivity index (χ2n) is 4.73. The van der Waals surface area contributed by atoms with E-state index in [9.17, 15) is 14.3 Å². The SMILES string of the molecule is CC(O)CCN(C)C(=O)c1c[nH]c2cccc(F)c12. The first-order valence-corrected chi connectivity index (χ1v) is 6.20. The average Bonchev–Trinajstić information content (AvgIpc) is 2.80. The third-order valence-corrected chi connectivity index (χ3v) is 3.11. The molecule has 0 saturated heterocycles. The molecule has 102 valence electrons. The minimum atomic E-state index is -0.463. The second-order valence-corrected chi connectivity index (χ2v) is 4.73. The molecule has 2 N–H and O–H groups in total. The van der Waals surface area contributed by atoms with Gasteiger partial charge in [0, 0.05) is 30.7 Å². The second kappa shape index (κ2) is 5.40. The summed E-state index contributed by atoms with van der Waals surface area (Å²) in [5.41, 5.74) is 0.925. The van der Waals surface area contributed by atoms with Gasteiger partial charge in [0.25, 0.3) is 5.91 Å². The van der Waals surface area contributed by atoms with Crippen molar-refractivity contribution in [2.75, 3.05) is 13.6 Å². The van der Waals surface area contributed by atoms with Crippen molar-refractivity contribution < 1.29 is 14.3 Å². The van der Waals surface area contributed by atoms with Gasteiger partial charge >= 0.3 is 0 Å². The predicted octanol–water partition coefficient (Wildman–Crippen LogP) is 2.15. The highest BCUT2D eigenvalue weighted by Gasteiger charge is 2.18. The molecule has 19 heavy (non-hydrogen) atoms. The van der Waals surface area contributed by atoms with Crippen molar-refractivity contribution in [1.29, 1.82) is 0 Å². The normalized spacial score (nSPS) is 12.6. The Morgan fingerprint density at radius 2 is 2.26 bits per heavy atom. The maximum Gasteiger partial charge on any atom is 0.255 e. The fourth-order valence-electron chi connectivity index (χ4n) is 2.00. The van der Waals surface area contributed by atoms with Crippen molar-refractivity contribution in [1.82, 2.24) is 9.88 Å². The number of benzene rings is 1. The number of aromatic amines is 1. The molecule has 5 heteroatoms. The van der Waals surface area contributed by atoms with Crippen molar-refractivity contribution in [2.24, 2.45) is 0 Å². The van der Waals surface area contributed by atoms with E-state index in [4.69, 9.17) is 0 Å². The fraction of sp³-hybridized carbons (Fsp3) is 0.357. The van der Waals surface area contributed by atoms with E-state index >= 15 is 0 Å². The zero-order chi connectivity index (χ0) is 14.0. The van der Waals surface area contributed by atoms with E-state index in [1.54, 1.807) is 26.1 Å². The lowest BCUT2D eigenvalue weighted by molar-refractivity contribution is 0.0770. The number of carbonyl (C=O) groups excluding carboxylic acids is 1. The van der Waals surface area contributed by atoms with E-state index in [0.29, 0.717) is 29.4 Å². The lowest BCUT2D eigenvalue weighted by atomic mass is 10.1. The predicted molar refractivity (Wildman–Crippen MR) is 71.5 cm³/mol. The first-order chi connectivity index (χ1) is 9.00. The van der Waals surface area contributed by atoms with E-state index in [1.807, 2.05) is 0 Å². The van der Waals surface area contributed by atoms with Crippen molar-refractivity contribution in [3.8, 4) is 0 Å². The van der Waals surface area contributed by atoms with E-state index in [0.717, 1.165) is 0 Å². The van der Waals surface area contributed by atoms with Crippen LogP contribution in [0.5, 0.6) is 0 Å². The monoisotopic (exact) mass is 264 g/mol. The van der Waals surface area contributed by atoms with E-state index in [-0.39, 0.29) is 5.91 Å². The molecule has 1 atom stereocenters. The van der Waals surface area contributed by atoms with Crippen LogP contribution in [-0.4, -0.2) is 40.6 Å². The number of nitrogens with one attached hydrogen (secondary N) is 1. The van der Waals surface area contributed by atoms with E-state index in [1.165, 1.54) is 17.2 Å². The highest BCUT2D eigenvalue weighted by atomic mass is 19.1. The largest absolute Gasteiger partial charge is 0.393 e. The van der Waals surface area contributed by atoms with Gasteiger partial charge in [-0.3, -0.25) is 4.79 Å². The number of nitrogens with zero attached hydrogens (tertiary/aromatic N) is 1. The Bertz CT molecular complexity index is 592. The van der Waals surface area contributed by atoms with E-state index in [2.05, 4.69) is 4.98 Å². The number of halogens is 1. The highest BCUT2D eigenvalue weighted by Crippen LogP contribution is 2.22. The molecule has 0 aliphatic heterocycles. The smallest absolute Gasteiger partial charge is 0.255 e. The molecule has 1 heterocycles. The highest BCUT2D eigenvalue weighted by molar-refractivity contribution is 6.06. The van der Waals surface area contributed by atoms with Crippen LogP contribution in [0.1, 0.15) is 23.7 Å². The Kier molecular flexibility index (Phi) is 3.85. The third-order valence-electron chi connectivity index (χ3n) is 3.11.